The van der Waals surface area contributed by atoms with E-state index in [1.54, 1.807) is 7.11 Å². The Labute approximate surface area is 111 Å². The summed E-state index contributed by atoms with van der Waals surface area (Å²) in [7, 11) is 1.75. The highest BCUT2D eigenvalue weighted by Gasteiger charge is 2.27. The molecule has 1 rings (SSSR count). The first-order valence-corrected chi connectivity index (χ1v) is 6.92. The number of nitrogens with zero attached hydrogens (tertiary/aromatic N) is 1. The Bertz CT molecular complexity index is 266. The second-order valence-electron chi connectivity index (χ2n) is 5.61. The number of ether oxygens (including phenoxy) is 2. The van der Waals surface area contributed by atoms with Crippen LogP contribution in [0.1, 0.15) is 40.0 Å². The van der Waals surface area contributed by atoms with Crippen molar-refractivity contribution >= 4 is 5.97 Å². The van der Waals surface area contributed by atoms with Crippen LogP contribution in [0.3, 0.4) is 0 Å². The van der Waals surface area contributed by atoms with Crippen molar-refractivity contribution in [3.8, 4) is 0 Å². The molecule has 1 saturated heterocycles. The molecule has 0 aromatic rings. The van der Waals surface area contributed by atoms with Gasteiger partial charge in [-0.05, 0) is 46.6 Å². The van der Waals surface area contributed by atoms with E-state index >= 15 is 0 Å². The first-order chi connectivity index (χ1) is 8.48. The van der Waals surface area contributed by atoms with Gasteiger partial charge in [0.25, 0.3) is 0 Å². The molecule has 4 heteroatoms. The summed E-state index contributed by atoms with van der Waals surface area (Å²) in [5.74, 6) is 0.0255. The van der Waals surface area contributed by atoms with Crippen LogP contribution in [-0.2, 0) is 14.3 Å². The Kier molecular flexibility index (Phi) is 6.09. The number of piperidine rings is 1. The minimum atomic E-state index is -0.0864. The highest BCUT2D eigenvalue weighted by atomic mass is 16.5. The largest absolute Gasteiger partial charge is 0.466 e. The summed E-state index contributed by atoms with van der Waals surface area (Å²) >= 11 is 0. The van der Waals surface area contributed by atoms with E-state index in [0.29, 0.717) is 6.61 Å². The van der Waals surface area contributed by atoms with Crippen molar-refractivity contribution in [2.24, 2.45) is 5.92 Å². The summed E-state index contributed by atoms with van der Waals surface area (Å²) in [6.45, 7) is 9.43. The molecular formula is C14H27NO3. The molecule has 0 unspecified atom stereocenters. The Morgan fingerprint density at radius 1 is 1.44 bits per heavy atom. The summed E-state index contributed by atoms with van der Waals surface area (Å²) in [6, 6.07) is 0. The predicted molar refractivity (Wildman–Crippen MR) is 71.5 cm³/mol. The minimum absolute atomic E-state index is 0.0341. The number of hydrogen-bond acceptors (Lipinski definition) is 4. The number of methoxy groups -OCH3 is 1. The van der Waals surface area contributed by atoms with E-state index < -0.39 is 0 Å². The number of carbonyl (C=O) groups is 1. The summed E-state index contributed by atoms with van der Waals surface area (Å²) < 4.78 is 10.5. The lowest BCUT2D eigenvalue weighted by molar-refractivity contribution is -0.150. The van der Waals surface area contributed by atoms with Crippen LogP contribution in [0.15, 0.2) is 0 Å². The third-order valence-corrected chi connectivity index (χ3v) is 3.71. The monoisotopic (exact) mass is 257 g/mol. The first kappa shape index (κ1) is 15.4. The number of esters is 1. The fourth-order valence-electron chi connectivity index (χ4n) is 2.24. The molecule has 0 amide bonds. The molecule has 0 radical (unpaired) electrons. The molecule has 18 heavy (non-hydrogen) atoms. The SMILES string of the molecule is CCOC(=O)[C@@H]1CCCN(CCC(C)(C)OC)C1. The number of carbonyl (C=O) groups excluding carboxylic acids is 1. The Morgan fingerprint density at radius 3 is 2.78 bits per heavy atom. The maximum atomic E-state index is 11.7. The van der Waals surface area contributed by atoms with Gasteiger partial charge in [-0.3, -0.25) is 4.79 Å². The van der Waals surface area contributed by atoms with Crippen molar-refractivity contribution < 1.29 is 14.3 Å². The molecule has 0 bridgehead atoms. The molecule has 1 aliphatic heterocycles. The number of rotatable bonds is 6. The van der Waals surface area contributed by atoms with Gasteiger partial charge >= 0.3 is 5.97 Å². The van der Waals surface area contributed by atoms with Gasteiger partial charge in [0.05, 0.1) is 18.1 Å². The zero-order valence-electron chi connectivity index (χ0n) is 12.2. The van der Waals surface area contributed by atoms with Crippen molar-refractivity contribution in [2.75, 3.05) is 33.4 Å². The van der Waals surface area contributed by atoms with E-state index in [2.05, 4.69) is 18.7 Å². The molecule has 4 nitrogen and oxygen atoms in total. The highest BCUT2D eigenvalue weighted by molar-refractivity contribution is 5.72. The van der Waals surface area contributed by atoms with Crippen LogP contribution >= 0.6 is 0 Å². The van der Waals surface area contributed by atoms with Gasteiger partial charge in [0.1, 0.15) is 0 Å². The van der Waals surface area contributed by atoms with Crippen LogP contribution in [0.5, 0.6) is 0 Å². The maximum Gasteiger partial charge on any atom is 0.310 e. The van der Waals surface area contributed by atoms with Crippen molar-refractivity contribution in [3.05, 3.63) is 0 Å². The zero-order chi connectivity index (χ0) is 13.6. The van der Waals surface area contributed by atoms with Gasteiger partial charge in [-0.2, -0.15) is 0 Å². The van der Waals surface area contributed by atoms with E-state index in [0.717, 1.165) is 38.9 Å². The molecule has 1 atom stereocenters. The zero-order valence-corrected chi connectivity index (χ0v) is 12.2. The van der Waals surface area contributed by atoms with E-state index in [-0.39, 0.29) is 17.5 Å². The molecular weight excluding hydrogens is 230 g/mol. The summed E-state index contributed by atoms with van der Waals surface area (Å²) in [6.07, 6.45) is 3.03. The molecule has 0 saturated carbocycles. The molecule has 0 N–H and O–H groups in total. The third-order valence-electron chi connectivity index (χ3n) is 3.71. The average molecular weight is 257 g/mol. The lowest BCUT2D eigenvalue weighted by Gasteiger charge is -2.33. The predicted octanol–water partition coefficient (Wildman–Crippen LogP) is 2.08. The molecule has 106 valence electrons. The van der Waals surface area contributed by atoms with E-state index in [9.17, 15) is 4.79 Å². The van der Waals surface area contributed by atoms with Crippen LogP contribution in [0.2, 0.25) is 0 Å². The highest BCUT2D eigenvalue weighted by Crippen LogP contribution is 2.20. The molecule has 1 heterocycles. The standard InChI is InChI=1S/C14H27NO3/c1-5-18-13(16)12-7-6-9-15(11-12)10-8-14(2,3)17-4/h12H,5-11H2,1-4H3/t12-/m1/s1. The smallest absolute Gasteiger partial charge is 0.310 e. The van der Waals surface area contributed by atoms with Crippen LogP contribution in [0, 0.1) is 5.92 Å². The molecule has 0 aromatic carbocycles. The Morgan fingerprint density at radius 2 is 2.17 bits per heavy atom. The second kappa shape index (κ2) is 7.10. The topological polar surface area (TPSA) is 38.8 Å². The lowest BCUT2D eigenvalue weighted by atomic mass is 9.97. The Hall–Kier alpha value is -0.610. The maximum absolute atomic E-state index is 11.7. The van der Waals surface area contributed by atoms with Crippen molar-refractivity contribution in [1.29, 1.82) is 0 Å². The molecule has 1 fully saturated rings. The Balaban J connectivity index is 2.37. The number of likely N-dealkylation sites (tertiary alicyclic amines) is 1. The van der Waals surface area contributed by atoms with E-state index in [4.69, 9.17) is 9.47 Å². The van der Waals surface area contributed by atoms with Gasteiger partial charge < -0.3 is 14.4 Å². The van der Waals surface area contributed by atoms with Gasteiger partial charge in [-0.15, -0.1) is 0 Å². The molecule has 0 aromatic heterocycles. The number of hydrogen-bond donors (Lipinski definition) is 0. The fraction of sp³-hybridized carbons (Fsp3) is 0.929. The third kappa shape index (κ3) is 4.94. The minimum Gasteiger partial charge on any atom is -0.466 e. The summed E-state index contributed by atoms with van der Waals surface area (Å²) in [4.78, 5) is 14.1. The molecule has 1 aliphatic rings. The normalized spacial score (nSPS) is 21.9. The van der Waals surface area contributed by atoms with Crippen LogP contribution < -0.4 is 0 Å². The van der Waals surface area contributed by atoms with E-state index in [1.807, 2.05) is 6.92 Å². The van der Waals surface area contributed by atoms with Gasteiger partial charge in [-0.25, -0.2) is 0 Å². The average Bonchev–Trinajstić information content (AvgIpc) is 2.37. The van der Waals surface area contributed by atoms with E-state index in [1.165, 1.54) is 0 Å². The molecule has 0 spiro atoms. The lowest BCUT2D eigenvalue weighted by Crippen LogP contribution is -2.41. The van der Waals surface area contributed by atoms with Gasteiger partial charge in [-0.1, -0.05) is 0 Å². The summed E-state index contributed by atoms with van der Waals surface area (Å²) in [5, 5.41) is 0. The van der Waals surface area contributed by atoms with Crippen LogP contribution in [-0.4, -0.2) is 49.8 Å². The van der Waals surface area contributed by atoms with Crippen LogP contribution in [0.25, 0.3) is 0 Å². The van der Waals surface area contributed by atoms with Crippen LogP contribution in [0.4, 0.5) is 0 Å². The quantitative estimate of drug-likeness (QED) is 0.683. The first-order valence-electron chi connectivity index (χ1n) is 6.92. The summed E-state index contributed by atoms with van der Waals surface area (Å²) in [5.41, 5.74) is -0.0864. The fourth-order valence-corrected chi connectivity index (χ4v) is 2.24. The van der Waals surface area contributed by atoms with Crippen molar-refractivity contribution in [2.45, 2.75) is 45.6 Å². The second-order valence-corrected chi connectivity index (χ2v) is 5.61. The van der Waals surface area contributed by atoms with Gasteiger partial charge in [0.2, 0.25) is 0 Å². The van der Waals surface area contributed by atoms with Crippen molar-refractivity contribution in [1.82, 2.24) is 4.90 Å². The molecule has 0 aliphatic carbocycles. The van der Waals surface area contributed by atoms with Gasteiger partial charge in [0.15, 0.2) is 0 Å². The van der Waals surface area contributed by atoms with Crippen molar-refractivity contribution in [3.63, 3.8) is 0 Å². The van der Waals surface area contributed by atoms with Gasteiger partial charge in [0, 0.05) is 20.2 Å².